The van der Waals surface area contributed by atoms with Gasteiger partial charge in [0.25, 0.3) is 0 Å². The fourth-order valence-electron chi connectivity index (χ4n) is 2.25. The zero-order valence-electron chi connectivity index (χ0n) is 13.2. The van der Waals surface area contributed by atoms with Gasteiger partial charge in [0.2, 0.25) is 0 Å². The van der Waals surface area contributed by atoms with E-state index in [1.54, 1.807) is 29.2 Å². The second-order valence-electron chi connectivity index (χ2n) is 5.46. The van der Waals surface area contributed by atoms with Crippen molar-refractivity contribution in [2.75, 3.05) is 10.6 Å². The highest BCUT2D eigenvalue weighted by Crippen LogP contribution is 2.12. The summed E-state index contributed by atoms with van der Waals surface area (Å²) in [5.41, 5.74) is 3.44. The number of rotatable bonds is 4. The lowest BCUT2D eigenvalue weighted by Crippen LogP contribution is -2.18. The molecule has 0 bridgehead atoms. The van der Waals surface area contributed by atoms with Gasteiger partial charge in [0.1, 0.15) is 5.82 Å². The molecule has 0 atom stereocenters. The largest absolute Gasteiger partial charge is 0.332 e. The number of hydrogen-bond acceptors (Lipinski definition) is 2. The lowest BCUT2D eigenvalue weighted by Gasteiger charge is -2.09. The molecule has 0 aliphatic heterocycles. The number of hydrogen-bond donors (Lipinski definition) is 2. The molecule has 0 unspecified atom stereocenters. The van der Waals surface area contributed by atoms with Crippen LogP contribution in [0.2, 0.25) is 0 Å². The second kappa shape index (κ2) is 7.23. The van der Waals surface area contributed by atoms with E-state index >= 15 is 0 Å². The van der Waals surface area contributed by atoms with E-state index in [4.69, 9.17) is 12.2 Å². The number of benzene rings is 2. The molecular formula is C18H17FN4S. The van der Waals surface area contributed by atoms with E-state index in [0.717, 1.165) is 11.4 Å². The van der Waals surface area contributed by atoms with Crippen LogP contribution in [-0.4, -0.2) is 14.9 Å². The lowest BCUT2D eigenvalue weighted by atomic mass is 10.2. The molecule has 0 amide bonds. The van der Waals surface area contributed by atoms with Crippen LogP contribution in [0.25, 0.3) is 0 Å². The van der Waals surface area contributed by atoms with E-state index in [9.17, 15) is 4.39 Å². The average Bonchev–Trinajstić information content (AvgIpc) is 2.99. The standard InChI is InChI=1S/C18H17FN4S/c1-13-6-8-15(9-7-13)21-18(24)22-16-10-20-23(12-16)11-14-4-2-3-5-17(14)19/h2-10,12H,11H2,1H3,(H2,21,22,24). The van der Waals surface area contributed by atoms with Crippen LogP contribution in [0, 0.1) is 12.7 Å². The topological polar surface area (TPSA) is 41.9 Å². The van der Waals surface area contributed by atoms with Crippen LogP contribution in [-0.2, 0) is 6.54 Å². The summed E-state index contributed by atoms with van der Waals surface area (Å²) in [4.78, 5) is 0. The Labute approximate surface area is 145 Å². The number of anilines is 2. The molecule has 0 saturated carbocycles. The number of thiocarbonyl (C=S) groups is 1. The Morgan fingerprint density at radius 3 is 2.54 bits per heavy atom. The van der Waals surface area contributed by atoms with Crippen molar-refractivity contribution in [2.24, 2.45) is 0 Å². The molecule has 4 nitrogen and oxygen atoms in total. The first-order valence-electron chi connectivity index (χ1n) is 7.51. The van der Waals surface area contributed by atoms with Gasteiger partial charge in [0.05, 0.1) is 18.4 Å². The molecule has 0 aliphatic carbocycles. The molecule has 1 heterocycles. The Bertz CT molecular complexity index is 842. The van der Waals surface area contributed by atoms with Gasteiger partial charge in [0.15, 0.2) is 5.11 Å². The third kappa shape index (κ3) is 4.17. The maximum absolute atomic E-state index is 13.7. The lowest BCUT2D eigenvalue weighted by molar-refractivity contribution is 0.585. The molecule has 1 aromatic heterocycles. The van der Waals surface area contributed by atoms with E-state index in [1.807, 2.05) is 37.3 Å². The van der Waals surface area contributed by atoms with Crippen molar-refractivity contribution in [3.8, 4) is 0 Å². The molecule has 3 rings (SSSR count). The fourth-order valence-corrected chi connectivity index (χ4v) is 2.48. The van der Waals surface area contributed by atoms with E-state index in [2.05, 4.69) is 15.7 Å². The summed E-state index contributed by atoms with van der Waals surface area (Å²) in [6.45, 7) is 2.40. The van der Waals surface area contributed by atoms with Crippen LogP contribution in [0.15, 0.2) is 60.9 Å². The summed E-state index contributed by atoms with van der Waals surface area (Å²) < 4.78 is 15.3. The average molecular weight is 340 g/mol. The van der Waals surface area contributed by atoms with Crippen LogP contribution in [0.1, 0.15) is 11.1 Å². The Morgan fingerprint density at radius 1 is 1.08 bits per heavy atom. The molecule has 122 valence electrons. The number of aromatic nitrogens is 2. The number of nitrogens with one attached hydrogen (secondary N) is 2. The highest BCUT2D eigenvalue weighted by atomic mass is 32.1. The summed E-state index contributed by atoms with van der Waals surface area (Å²) in [7, 11) is 0. The highest BCUT2D eigenvalue weighted by molar-refractivity contribution is 7.80. The monoisotopic (exact) mass is 340 g/mol. The molecule has 0 spiro atoms. The van der Waals surface area contributed by atoms with Gasteiger partial charge in [-0.15, -0.1) is 0 Å². The SMILES string of the molecule is Cc1ccc(NC(=S)Nc2cnn(Cc3ccccc3F)c2)cc1. The van der Waals surface area contributed by atoms with E-state index < -0.39 is 0 Å². The van der Waals surface area contributed by atoms with Crippen molar-refractivity contribution in [1.82, 2.24) is 9.78 Å². The molecule has 0 saturated heterocycles. The Balaban J connectivity index is 1.60. The normalized spacial score (nSPS) is 10.4. The van der Waals surface area contributed by atoms with Crippen molar-refractivity contribution >= 4 is 28.7 Å². The fraction of sp³-hybridized carbons (Fsp3) is 0.111. The summed E-state index contributed by atoms with van der Waals surface area (Å²) in [5.74, 6) is -0.237. The molecule has 0 radical (unpaired) electrons. The molecule has 2 aromatic carbocycles. The number of aryl methyl sites for hydroxylation is 1. The Morgan fingerprint density at radius 2 is 1.79 bits per heavy atom. The zero-order chi connectivity index (χ0) is 16.9. The predicted octanol–water partition coefficient (Wildman–Crippen LogP) is 4.19. The first-order valence-corrected chi connectivity index (χ1v) is 7.91. The van der Waals surface area contributed by atoms with Crippen LogP contribution in [0.4, 0.5) is 15.8 Å². The first kappa shape index (κ1) is 16.1. The van der Waals surface area contributed by atoms with Crippen molar-refractivity contribution < 1.29 is 4.39 Å². The van der Waals surface area contributed by atoms with E-state index in [-0.39, 0.29) is 5.82 Å². The minimum atomic E-state index is -0.237. The summed E-state index contributed by atoms with van der Waals surface area (Å²) in [6.07, 6.45) is 3.44. The van der Waals surface area contributed by atoms with Crippen LogP contribution >= 0.6 is 12.2 Å². The maximum atomic E-state index is 13.7. The van der Waals surface area contributed by atoms with Crippen molar-refractivity contribution in [2.45, 2.75) is 13.5 Å². The summed E-state index contributed by atoms with van der Waals surface area (Å²) >= 11 is 5.29. The van der Waals surface area contributed by atoms with Crippen LogP contribution < -0.4 is 10.6 Å². The predicted molar refractivity (Wildman–Crippen MR) is 98.8 cm³/mol. The molecule has 6 heteroatoms. The van der Waals surface area contributed by atoms with Gasteiger partial charge >= 0.3 is 0 Å². The summed E-state index contributed by atoms with van der Waals surface area (Å²) in [6, 6.07) is 14.6. The quantitative estimate of drug-likeness (QED) is 0.699. The second-order valence-corrected chi connectivity index (χ2v) is 5.87. The molecule has 0 aliphatic rings. The van der Waals surface area contributed by atoms with E-state index in [1.165, 1.54) is 11.6 Å². The Hall–Kier alpha value is -2.73. The van der Waals surface area contributed by atoms with Crippen molar-refractivity contribution in [3.63, 3.8) is 0 Å². The van der Waals surface area contributed by atoms with Crippen molar-refractivity contribution in [1.29, 1.82) is 0 Å². The van der Waals surface area contributed by atoms with E-state index in [0.29, 0.717) is 17.2 Å². The third-order valence-electron chi connectivity index (χ3n) is 3.49. The molecule has 24 heavy (non-hydrogen) atoms. The Kier molecular flexibility index (Phi) is 4.86. The van der Waals surface area contributed by atoms with Gasteiger partial charge in [-0.05, 0) is 37.3 Å². The van der Waals surface area contributed by atoms with Crippen LogP contribution in [0.5, 0.6) is 0 Å². The summed E-state index contributed by atoms with van der Waals surface area (Å²) in [5, 5.41) is 10.9. The van der Waals surface area contributed by atoms with Gasteiger partial charge < -0.3 is 10.6 Å². The van der Waals surface area contributed by atoms with Gasteiger partial charge in [0, 0.05) is 17.4 Å². The van der Waals surface area contributed by atoms with Crippen molar-refractivity contribution in [3.05, 3.63) is 77.9 Å². The first-order chi connectivity index (χ1) is 11.6. The highest BCUT2D eigenvalue weighted by Gasteiger charge is 2.05. The third-order valence-corrected chi connectivity index (χ3v) is 3.69. The molecular weight excluding hydrogens is 323 g/mol. The minimum absolute atomic E-state index is 0.237. The number of nitrogens with zero attached hydrogens (tertiary/aromatic N) is 2. The zero-order valence-corrected chi connectivity index (χ0v) is 14.0. The smallest absolute Gasteiger partial charge is 0.175 e. The van der Waals surface area contributed by atoms with Crippen LogP contribution in [0.3, 0.4) is 0 Å². The van der Waals surface area contributed by atoms with Gasteiger partial charge in [-0.25, -0.2) is 4.39 Å². The van der Waals surface area contributed by atoms with Gasteiger partial charge in [-0.1, -0.05) is 35.9 Å². The van der Waals surface area contributed by atoms with Gasteiger partial charge in [-0.2, -0.15) is 5.10 Å². The maximum Gasteiger partial charge on any atom is 0.175 e. The van der Waals surface area contributed by atoms with Gasteiger partial charge in [-0.3, -0.25) is 4.68 Å². The molecule has 0 fully saturated rings. The number of halogens is 1. The molecule has 2 N–H and O–H groups in total. The minimum Gasteiger partial charge on any atom is -0.332 e. The molecule has 3 aromatic rings.